The maximum atomic E-state index is 17.4. The highest BCUT2D eigenvalue weighted by Gasteiger charge is 2.49. The second-order valence-corrected chi connectivity index (χ2v) is 15.4. The minimum atomic E-state index is -0.921. The van der Waals surface area contributed by atoms with E-state index in [1.54, 1.807) is 27.8 Å². The Morgan fingerprint density at radius 3 is 2.72 bits per heavy atom. The number of thiophene rings is 1. The molecule has 0 unspecified atom stereocenters. The number of halogens is 3. The third-order valence-corrected chi connectivity index (χ3v) is 11.1. The predicted molar refractivity (Wildman–Crippen MR) is 185 cm³/mol. The van der Waals surface area contributed by atoms with Crippen LogP contribution in [0.3, 0.4) is 0 Å². The van der Waals surface area contributed by atoms with Gasteiger partial charge in [0.25, 0.3) is 0 Å². The molecule has 0 radical (unpaired) electrons. The number of hydrogen-bond acceptors (Lipinski definition) is 11. The summed E-state index contributed by atoms with van der Waals surface area (Å²) in [5.74, 6) is -0.739. The predicted octanol–water partition coefficient (Wildman–Crippen LogP) is 6.78. The van der Waals surface area contributed by atoms with Crippen LogP contribution in [-0.4, -0.2) is 89.3 Å². The fraction of sp³-hybridized carbons (Fsp3) is 0.514. The van der Waals surface area contributed by atoms with Crippen LogP contribution in [0, 0.1) is 11.6 Å². The number of alkyl halides is 1. The van der Waals surface area contributed by atoms with Crippen molar-refractivity contribution >= 4 is 55.5 Å². The molecule has 0 bridgehead atoms. The van der Waals surface area contributed by atoms with Gasteiger partial charge >= 0.3 is 12.1 Å². The van der Waals surface area contributed by atoms with Crippen LogP contribution in [0.4, 0.5) is 28.8 Å². The first-order valence-electron chi connectivity index (χ1n) is 16.9. The fourth-order valence-corrected chi connectivity index (χ4v) is 8.79. The second kappa shape index (κ2) is 12.3. The van der Waals surface area contributed by atoms with Crippen LogP contribution in [-0.2, 0) is 22.7 Å². The number of benzene rings is 1. The monoisotopic (exact) mass is 709 g/mol. The Morgan fingerprint density at radius 1 is 1.18 bits per heavy atom. The van der Waals surface area contributed by atoms with E-state index in [0.29, 0.717) is 35.3 Å². The lowest BCUT2D eigenvalue weighted by molar-refractivity contribution is 0.0636. The number of ether oxygens (including phenoxy) is 3. The van der Waals surface area contributed by atoms with Crippen molar-refractivity contribution in [1.29, 1.82) is 0 Å². The van der Waals surface area contributed by atoms with E-state index >= 15 is 8.78 Å². The highest BCUT2D eigenvalue weighted by Crippen LogP contribution is 2.48. The number of nitrogens with one attached hydrogen (secondary N) is 1. The third-order valence-electron chi connectivity index (χ3n) is 9.96. The van der Waals surface area contributed by atoms with Crippen molar-refractivity contribution in [2.24, 2.45) is 4.99 Å². The highest BCUT2D eigenvalue weighted by molar-refractivity contribution is 7.23. The smallest absolute Gasteiger partial charge is 0.412 e. The number of nitrogens with zero attached hydrogens (tertiary/aromatic N) is 6. The second-order valence-electron chi connectivity index (χ2n) is 14.4. The lowest BCUT2D eigenvalue weighted by Gasteiger charge is -2.34. The largest absolute Gasteiger partial charge is 0.461 e. The van der Waals surface area contributed by atoms with Gasteiger partial charge in [0.15, 0.2) is 11.6 Å². The molecule has 4 aromatic rings. The van der Waals surface area contributed by atoms with Crippen LogP contribution in [0.5, 0.6) is 6.01 Å². The number of carbonyl (C=O) groups is 1. The van der Waals surface area contributed by atoms with Crippen LogP contribution < -0.4 is 15.0 Å². The van der Waals surface area contributed by atoms with Gasteiger partial charge in [0.05, 0.1) is 40.7 Å². The van der Waals surface area contributed by atoms with Gasteiger partial charge in [-0.1, -0.05) is 0 Å². The summed E-state index contributed by atoms with van der Waals surface area (Å²) in [6, 6.07) is 0.0158. The average Bonchev–Trinajstić information content (AvgIpc) is 3.79. The first kappa shape index (κ1) is 33.1. The molecule has 0 spiro atoms. The van der Waals surface area contributed by atoms with Gasteiger partial charge in [0.1, 0.15) is 34.7 Å². The molecular formula is C35H38F3N7O4S. The lowest BCUT2D eigenvalue weighted by atomic mass is 9.93. The highest BCUT2D eigenvalue weighted by atomic mass is 32.1. The summed E-state index contributed by atoms with van der Waals surface area (Å²) < 4.78 is 65.2. The maximum Gasteiger partial charge on any atom is 0.412 e. The molecule has 3 saturated heterocycles. The number of fused-ring (bicyclic) bond motifs is 5. The van der Waals surface area contributed by atoms with Gasteiger partial charge in [-0.25, -0.2) is 18.0 Å². The van der Waals surface area contributed by atoms with Crippen molar-refractivity contribution in [3.63, 3.8) is 0 Å². The molecule has 7 heterocycles. The molecule has 11 nitrogen and oxygen atoms in total. The van der Waals surface area contributed by atoms with Crippen molar-refractivity contribution in [2.75, 3.05) is 50.1 Å². The summed E-state index contributed by atoms with van der Waals surface area (Å²) in [7, 11) is 1.55. The zero-order valence-electron chi connectivity index (χ0n) is 28.4. The standard InChI is InChI=1S/C35H38F3N7O4S/c1-34(2,3)49-33(46)43-31-19(12-39-4)24-27(40-13-22(37)29(24)50-31)23-20-15-47-16-21(20)25-28(26(23)38)41-32(42-30(25)44-8-6-9-44)48-17-35-7-5-10-45(35)14-18(36)11-35/h12-13,18H,5-11,14-17H2,1-4H3,(H,43,46)/t18-,35+/m1/s1. The molecule has 2 atom stereocenters. The van der Waals surface area contributed by atoms with E-state index in [9.17, 15) is 9.18 Å². The average molecular weight is 710 g/mol. The summed E-state index contributed by atoms with van der Waals surface area (Å²) >= 11 is 0.987. The number of hydrogen-bond donors (Lipinski definition) is 1. The molecule has 0 aliphatic carbocycles. The molecule has 50 heavy (non-hydrogen) atoms. The number of anilines is 2. The number of rotatable bonds is 7. The molecule has 1 aromatic carbocycles. The van der Waals surface area contributed by atoms with Gasteiger partial charge in [0.2, 0.25) is 0 Å². The van der Waals surface area contributed by atoms with Crippen molar-refractivity contribution in [1.82, 2.24) is 19.9 Å². The minimum Gasteiger partial charge on any atom is -0.461 e. The van der Waals surface area contributed by atoms with Gasteiger partial charge in [-0.15, -0.1) is 11.3 Å². The maximum absolute atomic E-state index is 17.4. The molecule has 1 N–H and O–H groups in total. The number of aliphatic imine (C=N–C) groups is 1. The van der Waals surface area contributed by atoms with Gasteiger partial charge in [-0.2, -0.15) is 9.97 Å². The SMILES string of the molecule is CN=Cc1c(NC(=O)OC(C)(C)C)sc2c(F)cnc(-c3c4c(c5c(N6CCC6)nc(OC[C@@]67CCCN6C[C@H](F)C7)nc5c3F)COC4)c12. The molecule has 4 aliphatic rings. The quantitative estimate of drug-likeness (QED) is 0.208. The molecule has 264 valence electrons. The number of amides is 1. The van der Waals surface area contributed by atoms with E-state index in [1.165, 1.54) is 6.21 Å². The summed E-state index contributed by atoms with van der Waals surface area (Å²) in [6.07, 6.45) is 4.01. The Labute approximate surface area is 290 Å². The van der Waals surface area contributed by atoms with E-state index in [-0.39, 0.29) is 57.7 Å². The van der Waals surface area contributed by atoms with Crippen molar-refractivity contribution < 1.29 is 32.2 Å². The van der Waals surface area contributed by atoms with E-state index in [2.05, 4.69) is 30.1 Å². The van der Waals surface area contributed by atoms with Crippen molar-refractivity contribution in [3.8, 4) is 17.3 Å². The van der Waals surface area contributed by atoms with Crippen LogP contribution >= 0.6 is 11.3 Å². The van der Waals surface area contributed by atoms with E-state index in [1.807, 2.05) is 0 Å². The Hall–Kier alpha value is -4.08. The summed E-state index contributed by atoms with van der Waals surface area (Å²) in [5.41, 5.74) is 0.791. The number of carbonyl (C=O) groups excluding carboxylic acids is 1. The van der Waals surface area contributed by atoms with Crippen LogP contribution in [0.1, 0.15) is 63.1 Å². The van der Waals surface area contributed by atoms with E-state index in [4.69, 9.17) is 19.2 Å². The Kier molecular flexibility index (Phi) is 8.14. The summed E-state index contributed by atoms with van der Waals surface area (Å²) in [4.78, 5) is 35.1. The van der Waals surface area contributed by atoms with Crippen LogP contribution in [0.15, 0.2) is 11.2 Å². The topological polar surface area (TPSA) is 114 Å². The van der Waals surface area contributed by atoms with Crippen molar-refractivity contribution in [2.45, 2.75) is 77.0 Å². The molecule has 0 saturated carbocycles. The molecule has 8 rings (SSSR count). The zero-order chi connectivity index (χ0) is 34.9. The van der Waals surface area contributed by atoms with Gasteiger partial charge in [-0.05, 0) is 57.7 Å². The van der Waals surface area contributed by atoms with E-state index < -0.39 is 35.0 Å². The molecule has 3 aromatic heterocycles. The summed E-state index contributed by atoms with van der Waals surface area (Å²) in [5, 5.41) is 3.83. The van der Waals surface area contributed by atoms with Crippen LogP contribution in [0.25, 0.3) is 32.2 Å². The van der Waals surface area contributed by atoms with Crippen molar-refractivity contribution in [3.05, 3.63) is 34.5 Å². The van der Waals surface area contributed by atoms with Gasteiger partial charge in [-0.3, -0.25) is 20.2 Å². The molecule has 4 aliphatic heterocycles. The Bertz CT molecular complexity index is 2060. The van der Waals surface area contributed by atoms with Gasteiger partial charge < -0.3 is 19.1 Å². The molecular weight excluding hydrogens is 671 g/mol. The summed E-state index contributed by atoms with van der Waals surface area (Å²) in [6.45, 7) is 8.39. The fourth-order valence-electron chi connectivity index (χ4n) is 7.73. The zero-order valence-corrected chi connectivity index (χ0v) is 29.2. The lowest BCUT2D eigenvalue weighted by Crippen LogP contribution is -2.43. The Morgan fingerprint density at radius 2 is 1.98 bits per heavy atom. The van der Waals surface area contributed by atoms with Crippen LogP contribution in [0.2, 0.25) is 0 Å². The molecule has 1 amide bonds. The number of aromatic nitrogens is 3. The normalized spacial score (nSPS) is 22.1. The third kappa shape index (κ3) is 5.53. The Balaban J connectivity index is 1.30. The first-order chi connectivity index (χ1) is 24.0. The van der Waals surface area contributed by atoms with E-state index in [0.717, 1.165) is 62.0 Å². The first-order valence-corrected chi connectivity index (χ1v) is 17.7. The number of pyridine rings is 1. The molecule has 3 fully saturated rings. The minimum absolute atomic E-state index is 0.0158. The van der Waals surface area contributed by atoms with Gasteiger partial charge in [0, 0.05) is 55.8 Å². The molecule has 15 heteroatoms.